The molecule has 0 aromatic carbocycles. The lowest BCUT2D eigenvalue weighted by Gasteiger charge is -2.19. The monoisotopic (exact) mass is 233 g/mol. The summed E-state index contributed by atoms with van der Waals surface area (Å²) in [4.78, 5) is 12.4. The van der Waals surface area contributed by atoms with E-state index in [4.69, 9.17) is 14.6 Å². The summed E-state index contributed by atoms with van der Waals surface area (Å²) >= 11 is 0. The van der Waals surface area contributed by atoms with Crippen LogP contribution in [0.3, 0.4) is 0 Å². The average molecular weight is 233 g/mol. The summed E-state index contributed by atoms with van der Waals surface area (Å²) in [5.74, 6) is -0.784. The number of hydrogen-bond acceptors (Lipinski definition) is 4. The Hall–Kier alpha value is -0.650. The Morgan fingerprint density at radius 1 is 1.25 bits per heavy atom. The first kappa shape index (κ1) is 15.3. The fourth-order valence-electron chi connectivity index (χ4n) is 1.38. The summed E-state index contributed by atoms with van der Waals surface area (Å²) < 4.78 is 10.3. The fraction of sp³-hybridized carbons (Fsp3) is 0.909. The van der Waals surface area contributed by atoms with Gasteiger partial charge in [-0.1, -0.05) is 6.92 Å². The molecule has 16 heavy (non-hydrogen) atoms. The van der Waals surface area contributed by atoms with E-state index in [9.17, 15) is 4.79 Å². The molecule has 0 heterocycles. The minimum absolute atomic E-state index is 0.0925. The van der Waals surface area contributed by atoms with Crippen molar-refractivity contribution in [1.29, 1.82) is 0 Å². The first-order valence-electron chi connectivity index (χ1n) is 5.71. The molecule has 0 fully saturated rings. The SMILES string of the molecule is CCCN(CCOCCCOC)CC(=O)O. The van der Waals surface area contributed by atoms with Crippen LogP contribution in [-0.2, 0) is 14.3 Å². The van der Waals surface area contributed by atoms with Gasteiger partial charge in [0.15, 0.2) is 0 Å². The van der Waals surface area contributed by atoms with E-state index in [1.54, 1.807) is 7.11 Å². The third-order valence-corrected chi connectivity index (χ3v) is 2.09. The Morgan fingerprint density at radius 2 is 2.00 bits per heavy atom. The predicted molar refractivity (Wildman–Crippen MR) is 61.7 cm³/mol. The Labute approximate surface area is 97.3 Å². The van der Waals surface area contributed by atoms with Crippen molar-refractivity contribution in [3.8, 4) is 0 Å². The zero-order chi connectivity index (χ0) is 12.2. The van der Waals surface area contributed by atoms with E-state index in [0.717, 1.165) is 19.4 Å². The topological polar surface area (TPSA) is 59.0 Å². The summed E-state index contributed by atoms with van der Waals surface area (Å²) in [6, 6.07) is 0. The van der Waals surface area contributed by atoms with Gasteiger partial charge in [-0.3, -0.25) is 9.69 Å². The Kier molecular flexibility index (Phi) is 10.4. The quantitative estimate of drug-likeness (QED) is 0.536. The van der Waals surface area contributed by atoms with Crippen LogP contribution in [0.4, 0.5) is 0 Å². The molecule has 5 heteroatoms. The Bertz CT molecular complexity index is 175. The summed E-state index contributed by atoms with van der Waals surface area (Å²) in [5.41, 5.74) is 0. The van der Waals surface area contributed by atoms with Crippen LogP contribution >= 0.6 is 0 Å². The lowest BCUT2D eigenvalue weighted by Crippen LogP contribution is -2.33. The zero-order valence-electron chi connectivity index (χ0n) is 10.3. The second-order valence-electron chi connectivity index (χ2n) is 3.63. The van der Waals surface area contributed by atoms with Gasteiger partial charge in [-0.25, -0.2) is 0 Å². The molecule has 5 nitrogen and oxygen atoms in total. The van der Waals surface area contributed by atoms with Crippen LogP contribution < -0.4 is 0 Å². The van der Waals surface area contributed by atoms with Crippen LogP contribution in [0.15, 0.2) is 0 Å². The lowest BCUT2D eigenvalue weighted by molar-refractivity contribution is -0.138. The molecule has 0 aromatic heterocycles. The van der Waals surface area contributed by atoms with Crippen molar-refractivity contribution < 1.29 is 19.4 Å². The fourth-order valence-corrected chi connectivity index (χ4v) is 1.38. The molecule has 0 aliphatic carbocycles. The molecule has 0 bridgehead atoms. The molecule has 0 rings (SSSR count). The van der Waals surface area contributed by atoms with E-state index in [0.29, 0.717) is 26.4 Å². The highest BCUT2D eigenvalue weighted by atomic mass is 16.5. The highest BCUT2D eigenvalue weighted by Crippen LogP contribution is 1.92. The summed E-state index contributed by atoms with van der Waals surface area (Å²) in [7, 11) is 1.66. The molecule has 1 N–H and O–H groups in total. The van der Waals surface area contributed by atoms with Crippen LogP contribution in [0.5, 0.6) is 0 Å². The largest absolute Gasteiger partial charge is 0.480 e. The van der Waals surface area contributed by atoms with Crippen LogP contribution in [0.25, 0.3) is 0 Å². The zero-order valence-corrected chi connectivity index (χ0v) is 10.3. The number of ether oxygens (including phenoxy) is 2. The van der Waals surface area contributed by atoms with Gasteiger partial charge in [-0.15, -0.1) is 0 Å². The van der Waals surface area contributed by atoms with Crippen molar-refractivity contribution in [2.24, 2.45) is 0 Å². The second-order valence-corrected chi connectivity index (χ2v) is 3.63. The minimum atomic E-state index is -0.784. The lowest BCUT2D eigenvalue weighted by atomic mass is 10.4. The van der Waals surface area contributed by atoms with Crippen molar-refractivity contribution in [1.82, 2.24) is 4.90 Å². The van der Waals surface area contributed by atoms with Gasteiger partial charge in [0.2, 0.25) is 0 Å². The van der Waals surface area contributed by atoms with Crippen molar-refractivity contribution in [3.05, 3.63) is 0 Å². The number of methoxy groups -OCH3 is 1. The summed E-state index contributed by atoms with van der Waals surface area (Å²) in [6.45, 7) is 5.55. The number of carboxylic acids is 1. The normalized spacial score (nSPS) is 10.9. The van der Waals surface area contributed by atoms with Gasteiger partial charge in [0.1, 0.15) is 0 Å². The molecule has 0 spiro atoms. The molecular weight excluding hydrogens is 210 g/mol. The van der Waals surface area contributed by atoms with E-state index >= 15 is 0 Å². The van der Waals surface area contributed by atoms with E-state index < -0.39 is 5.97 Å². The molecule has 0 aromatic rings. The molecule has 0 unspecified atom stereocenters. The molecule has 96 valence electrons. The van der Waals surface area contributed by atoms with E-state index in [-0.39, 0.29) is 6.54 Å². The Morgan fingerprint density at radius 3 is 2.56 bits per heavy atom. The number of aliphatic carboxylic acids is 1. The molecular formula is C11H23NO4. The molecule has 0 saturated carbocycles. The third-order valence-electron chi connectivity index (χ3n) is 2.09. The summed E-state index contributed by atoms with van der Waals surface area (Å²) in [6.07, 6.45) is 1.83. The first-order valence-corrected chi connectivity index (χ1v) is 5.71. The number of nitrogens with zero attached hydrogens (tertiary/aromatic N) is 1. The van der Waals surface area contributed by atoms with Crippen LogP contribution in [0.1, 0.15) is 19.8 Å². The van der Waals surface area contributed by atoms with Crippen LogP contribution in [0.2, 0.25) is 0 Å². The van der Waals surface area contributed by atoms with Crippen LogP contribution in [-0.4, -0.2) is 62.5 Å². The van der Waals surface area contributed by atoms with Crippen molar-refractivity contribution in [2.45, 2.75) is 19.8 Å². The van der Waals surface area contributed by atoms with Gasteiger partial charge >= 0.3 is 5.97 Å². The maximum Gasteiger partial charge on any atom is 0.317 e. The first-order chi connectivity index (χ1) is 7.70. The second kappa shape index (κ2) is 10.9. The minimum Gasteiger partial charge on any atom is -0.480 e. The van der Waals surface area contributed by atoms with Gasteiger partial charge < -0.3 is 14.6 Å². The smallest absolute Gasteiger partial charge is 0.317 e. The summed E-state index contributed by atoms with van der Waals surface area (Å²) in [5, 5.41) is 8.68. The molecule has 0 atom stereocenters. The van der Waals surface area contributed by atoms with Gasteiger partial charge in [0.05, 0.1) is 13.2 Å². The molecule has 0 amide bonds. The van der Waals surface area contributed by atoms with E-state index in [1.165, 1.54) is 0 Å². The third kappa shape index (κ3) is 9.89. The van der Waals surface area contributed by atoms with Gasteiger partial charge in [0.25, 0.3) is 0 Å². The maximum absolute atomic E-state index is 10.6. The van der Waals surface area contributed by atoms with Crippen molar-refractivity contribution in [2.75, 3.05) is 46.6 Å². The van der Waals surface area contributed by atoms with Crippen LogP contribution in [0, 0.1) is 0 Å². The van der Waals surface area contributed by atoms with E-state index in [2.05, 4.69) is 0 Å². The highest BCUT2D eigenvalue weighted by molar-refractivity contribution is 5.69. The standard InChI is InChI=1S/C11H23NO4/c1-3-5-12(10-11(13)14)6-9-16-8-4-7-15-2/h3-10H2,1-2H3,(H,13,14). The number of carbonyl (C=O) groups is 1. The molecule has 0 aliphatic rings. The van der Waals surface area contributed by atoms with E-state index in [1.807, 2.05) is 11.8 Å². The highest BCUT2D eigenvalue weighted by Gasteiger charge is 2.07. The predicted octanol–water partition coefficient (Wildman–Crippen LogP) is 0.836. The maximum atomic E-state index is 10.6. The van der Waals surface area contributed by atoms with Crippen molar-refractivity contribution >= 4 is 5.97 Å². The van der Waals surface area contributed by atoms with Crippen molar-refractivity contribution in [3.63, 3.8) is 0 Å². The molecule has 0 aliphatic heterocycles. The van der Waals surface area contributed by atoms with Gasteiger partial charge in [-0.2, -0.15) is 0 Å². The number of carboxylic acid groups (broad SMARTS) is 1. The van der Waals surface area contributed by atoms with Gasteiger partial charge in [-0.05, 0) is 19.4 Å². The average Bonchev–Trinajstić information content (AvgIpc) is 2.22. The number of hydrogen-bond donors (Lipinski definition) is 1. The number of rotatable bonds is 11. The molecule has 0 saturated heterocycles. The van der Waals surface area contributed by atoms with Gasteiger partial charge in [0, 0.05) is 26.9 Å². The Balaban J connectivity index is 3.47. The molecule has 0 radical (unpaired) electrons.